The molecule has 0 radical (unpaired) electrons. The van der Waals surface area contributed by atoms with Crippen LogP contribution in [-0.4, -0.2) is 24.9 Å². The van der Waals surface area contributed by atoms with Crippen molar-refractivity contribution in [3.8, 4) is 17.0 Å². The molecule has 4 rings (SSSR count). The van der Waals surface area contributed by atoms with E-state index < -0.39 is 10.0 Å². The van der Waals surface area contributed by atoms with Crippen LogP contribution in [0, 0.1) is 0 Å². The summed E-state index contributed by atoms with van der Waals surface area (Å²) in [6, 6.07) is 19.2. The monoisotopic (exact) mass is 379 g/mol. The number of ether oxygens (including phenoxy) is 1. The van der Waals surface area contributed by atoms with Crippen LogP contribution in [0.25, 0.3) is 16.9 Å². The molecular formula is C20H17N3O3S. The fourth-order valence-corrected chi connectivity index (χ4v) is 3.83. The van der Waals surface area contributed by atoms with Crippen molar-refractivity contribution in [3.05, 3.63) is 79.1 Å². The molecule has 0 aliphatic carbocycles. The van der Waals surface area contributed by atoms with Gasteiger partial charge in [-0.3, -0.25) is 4.72 Å². The number of nitrogens with one attached hydrogen (secondary N) is 1. The van der Waals surface area contributed by atoms with E-state index in [0.29, 0.717) is 11.4 Å². The lowest BCUT2D eigenvalue weighted by atomic mass is 10.1. The predicted octanol–water partition coefficient (Wildman–Crippen LogP) is 3.81. The number of hydrogen-bond acceptors (Lipinski definition) is 4. The van der Waals surface area contributed by atoms with Crippen LogP contribution in [0.15, 0.2) is 84.0 Å². The number of imidazole rings is 1. The molecule has 0 saturated heterocycles. The van der Waals surface area contributed by atoms with Crippen LogP contribution in [0.3, 0.4) is 0 Å². The van der Waals surface area contributed by atoms with Crippen LogP contribution in [0.1, 0.15) is 0 Å². The van der Waals surface area contributed by atoms with Crippen molar-refractivity contribution in [2.75, 3.05) is 11.8 Å². The molecule has 2 heterocycles. The van der Waals surface area contributed by atoms with Gasteiger partial charge in [0.2, 0.25) is 0 Å². The largest absolute Gasteiger partial charge is 0.497 e. The van der Waals surface area contributed by atoms with Gasteiger partial charge < -0.3 is 9.14 Å². The molecule has 0 spiro atoms. The number of pyridine rings is 1. The minimum atomic E-state index is -3.69. The summed E-state index contributed by atoms with van der Waals surface area (Å²) in [4.78, 5) is 4.74. The Morgan fingerprint density at radius 1 is 1.00 bits per heavy atom. The first-order valence-corrected chi connectivity index (χ1v) is 9.74. The summed E-state index contributed by atoms with van der Waals surface area (Å²) < 4.78 is 34.8. The second-order valence-electron chi connectivity index (χ2n) is 5.95. The molecule has 0 aliphatic rings. The highest BCUT2D eigenvalue weighted by Crippen LogP contribution is 2.24. The van der Waals surface area contributed by atoms with E-state index >= 15 is 0 Å². The number of methoxy groups -OCH3 is 1. The van der Waals surface area contributed by atoms with Gasteiger partial charge in [0.25, 0.3) is 10.0 Å². The standard InChI is InChI=1S/C20H17N3O3S/c1-26-17-8-10-18(11-9-17)27(24,25)22-16-6-4-5-15(13-16)19-14-23-12-3-2-7-20(23)21-19/h2-14,22H,1H3. The molecule has 0 bridgehead atoms. The summed E-state index contributed by atoms with van der Waals surface area (Å²) in [7, 11) is -2.16. The molecule has 27 heavy (non-hydrogen) atoms. The minimum absolute atomic E-state index is 0.168. The summed E-state index contributed by atoms with van der Waals surface area (Å²) in [6.45, 7) is 0. The number of nitrogens with zero attached hydrogens (tertiary/aromatic N) is 2. The van der Waals surface area contributed by atoms with Crippen molar-refractivity contribution >= 4 is 21.4 Å². The first kappa shape index (κ1) is 17.1. The first-order chi connectivity index (χ1) is 13.0. The van der Waals surface area contributed by atoms with Gasteiger partial charge in [0, 0.05) is 23.6 Å². The van der Waals surface area contributed by atoms with Crippen LogP contribution < -0.4 is 9.46 Å². The molecule has 7 heteroatoms. The third kappa shape index (κ3) is 3.50. The number of aromatic nitrogens is 2. The average Bonchev–Trinajstić information content (AvgIpc) is 3.12. The normalized spacial score (nSPS) is 11.4. The van der Waals surface area contributed by atoms with Crippen molar-refractivity contribution in [2.45, 2.75) is 4.90 Å². The van der Waals surface area contributed by atoms with E-state index in [9.17, 15) is 8.42 Å². The van der Waals surface area contributed by atoms with Crippen molar-refractivity contribution in [1.29, 1.82) is 0 Å². The Balaban J connectivity index is 1.63. The molecule has 0 fully saturated rings. The maximum absolute atomic E-state index is 12.6. The Morgan fingerprint density at radius 3 is 2.56 bits per heavy atom. The topological polar surface area (TPSA) is 72.7 Å². The Hall–Kier alpha value is -3.32. The van der Waals surface area contributed by atoms with Gasteiger partial charge in [-0.05, 0) is 48.5 Å². The van der Waals surface area contributed by atoms with Gasteiger partial charge >= 0.3 is 0 Å². The lowest BCUT2D eigenvalue weighted by molar-refractivity contribution is 0.414. The molecule has 1 N–H and O–H groups in total. The Kier molecular flexibility index (Phi) is 4.29. The van der Waals surface area contributed by atoms with Gasteiger partial charge in [-0.2, -0.15) is 0 Å². The first-order valence-electron chi connectivity index (χ1n) is 8.26. The lowest BCUT2D eigenvalue weighted by Crippen LogP contribution is -2.12. The zero-order valence-corrected chi connectivity index (χ0v) is 15.3. The smallest absolute Gasteiger partial charge is 0.261 e. The highest BCUT2D eigenvalue weighted by Gasteiger charge is 2.15. The molecule has 0 amide bonds. The fraction of sp³-hybridized carbons (Fsp3) is 0.0500. The summed E-state index contributed by atoms with van der Waals surface area (Å²) >= 11 is 0. The molecule has 0 aliphatic heterocycles. The molecule has 2 aromatic carbocycles. The number of anilines is 1. The van der Waals surface area contributed by atoms with Gasteiger partial charge in [0.05, 0.1) is 17.7 Å². The number of fused-ring (bicyclic) bond motifs is 1. The molecule has 0 atom stereocenters. The van der Waals surface area contributed by atoms with Crippen molar-refractivity contribution < 1.29 is 13.2 Å². The fourth-order valence-electron chi connectivity index (χ4n) is 2.78. The van der Waals surface area contributed by atoms with E-state index in [2.05, 4.69) is 9.71 Å². The Labute approximate surface area is 157 Å². The maximum atomic E-state index is 12.6. The zero-order chi connectivity index (χ0) is 18.9. The summed E-state index contributed by atoms with van der Waals surface area (Å²) in [5.74, 6) is 0.600. The molecule has 136 valence electrons. The van der Waals surface area contributed by atoms with Gasteiger partial charge in [-0.1, -0.05) is 18.2 Å². The Bertz CT molecular complexity index is 1170. The number of sulfonamides is 1. The maximum Gasteiger partial charge on any atom is 0.261 e. The van der Waals surface area contributed by atoms with E-state index in [1.54, 1.807) is 30.3 Å². The molecule has 2 aromatic heterocycles. The Morgan fingerprint density at radius 2 is 1.81 bits per heavy atom. The van der Waals surface area contributed by atoms with Gasteiger partial charge in [0.15, 0.2) is 0 Å². The van der Waals surface area contributed by atoms with Gasteiger partial charge in [-0.15, -0.1) is 0 Å². The highest BCUT2D eigenvalue weighted by atomic mass is 32.2. The van der Waals surface area contributed by atoms with Gasteiger partial charge in [-0.25, -0.2) is 13.4 Å². The zero-order valence-electron chi connectivity index (χ0n) is 14.5. The minimum Gasteiger partial charge on any atom is -0.497 e. The van der Waals surface area contributed by atoms with Crippen molar-refractivity contribution in [2.24, 2.45) is 0 Å². The molecule has 4 aromatic rings. The summed E-state index contributed by atoms with van der Waals surface area (Å²) in [5, 5.41) is 0. The number of hydrogen-bond donors (Lipinski definition) is 1. The third-order valence-corrected chi connectivity index (χ3v) is 5.54. The number of benzene rings is 2. The van der Waals surface area contributed by atoms with E-state index in [0.717, 1.165) is 16.9 Å². The van der Waals surface area contributed by atoms with Crippen LogP contribution in [0.5, 0.6) is 5.75 Å². The second-order valence-corrected chi connectivity index (χ2v) is 7.64. The van der Waals surface area contributed by atoms with Crippen LogP contribution >= 0.6 is 0 Å². The molecule has 6 nitrogen and oxygen atoms in total. The van der Waals surface area contributed by atoms with E-state index in [1.165, 1.54) is 19.2 Å². The summed E-state index contributed by atoms with van der Waals surface area (Å²) in [6.07, 6.45) is 3.83. The van der Waals surface area contributed by atoms with Crippen LogP contribution in [0.4, 0.5) is 5.69 Å². The highest BCUT2D eigenvalue weighted by molar-refractivity contribution is 7.92. The SMILES string of the molecule is COc1ccc(S(=O)(=O)Nc2cccc(-c3cn4ccccc4n3)c2)cc1. The van der Waals surface area contributed by atoms with E-state index in [1.807, 2.05) is 41.1 Å². The third-order valence-electron chi connectivity index (χ3n) is 4.14. The lowest BCUT2D eigenvalue weighted by Gasteiger charge is -2.09. The van der Waals surface area contributed by atoms with Crippen LogP contribution in [0.2, 0.25) is 0 Å². The molecular weight excluding hydrogens is 362 g/mol. The quantitative estimate of drug-likeness (QED) is 0.572. The predicted molar refractivity (Wildman–Crippen MR) is 104 cm³/mol. The number of rotatable bonds is 5. The van der Waals surface area contributed by atoms with Gasteiger partial charge in [0.1, 0.15) is 11.4 Å². The van der Waals surface area contributed by atoms with E-state index in [4.69, 9.17) is 4.74 Å². The summed E-state index contributed by atoms with van der Waals surface area (Å²) in [5.41, 5.74) is 2.90. The average molecular weight is 379 g/mol. The van der Waals surface area contributed by atoms with E-state index in [-0.39, 0.29) is 4.90 Å². The molecule has 0 unspecified atom stereocenters. The van der Waals surface area contributed by atoms with Crippen molar-refractivity contribution in [1.82, 2.24) is 9.38 Å². The second kappa shape index (κ2) is 6.77. The van der Waals surface area contributed by atoms with Crippen molar-refractivity contribution in [3.63, 3.8) is 0 Å². The van der Waals surface area contributed by atoms with Crippen LogP contribution in [-0.2, 0) is 10.0 Å². The molecule has 0 saturated carbocycles.